The van der Waals surface area contributed by atoms with Crippen LogP contribution >= 0.6 is 15.9 Å². The Morgan fingerprint density at radius 2 is 2.17 bits per heavy atom. The van der Waals surface area contributed by atoms with Crippen molar-refractivity contribution in [2.75, 3.05) is 6.61 Å². The van der Waals surface area contributed by atoms with Crippen LogP contribution in [0.25, 0.3) is 0 Å². The SMILES string of the molecule is CCC(CC)NC1CCCOc2cc(Br)ccc21. The monoisotopic (exact) mass is 311 g/mol. The normalized spacial score (nSPS) is 19.2. The van der Waals surface area contributed by atoms with Crippen molar-refractivity contribution in [1.82, 2.24) is 5.32 Å². The van der Waals surface area contributed by atoms with Crippen molar-refractivity contribution >= 4 is 15.9 Å². The van der Waals surface area contributed by atoms with E-state index in [0.717, 1.165) is 29.7 Å². The molecule has 1 N–H and O–H groups in total. The summed E-state index contributed by atoms with van der Waals surface area (Å²) in [5.74, 6) is 1.03. The van der Waals surface area contributed by atoms with Gasteiger partial charge < -0.3 is 10.1 Å². The third-order valence-electron chi connectivity index (χ3n) is 3.67. The fourth-order valence-electron chi connectivity index (χ4n) is 2.53. The average Bonchev–Trinajstić information content (AvgIpc) is 2.57. The first-order chi connectivity index (χ1) is 8.74. The molecular formula is C15H22BrNO. The van der Waals surface area contributed by atoms with Gasteiger partial charge in [-0.2, -0.15) is 0 Å². The molecule has 0 aliphatic carbocycles. The Kier molecular flexibility index (Phi) is 5.07. The van der Waals surface area contributed by atoms with Gasteiger partial charge in [0.15, 0.2) is 0 Å². The highest BCUT2D eigenvalue weighted by Gasteiger charge is 2.21. The van der Waals surface area contributed by atoms with Gasteiger partial charge in [-0.3, -0.25) is 0 Å². The van der Waals surface area contributed by atoms with Crippen LogP contribution in [0.5, 0.6) is 5.75 Å². The lowest BCUT2D eigenvalue weighted by Gasteiger charge is -2.24. The van der Waals surface area contributed by atoms with Crippen LogP contribution in [0.4, 0.5) is 0 Å². The molecule has 1 aliphatic rings. The Morgan fingerprint density at radius 1 is 1.39 bits per heavy atom. The third-order valence-corrected chi connectivity index (χ3v) is 4.16. The topological polar surface area (TPSA) is 21.3 Å². The van der Waals surface area contributed by atoms with Crippen LogP contribution < -0.4 is 10.1 Å². The van der Waals surface area contributed by atoms with E-state index < -0.39 is 0 Å². The fraction of sp³-hybridized carbons (Fsp3) is 0.600. The summed E-state index contributed by atoms with van der Waals surface area (Å²) in [6, 6.07) is 7.41. The molecule has 2 rings (SSSR count). The number of halogens is 1. The molecule has 0 aromatic heterocycles. The van der Waals surface area contributed by atoms with Crippen molar-refractivity contribution in [3.05, 3.63) is 28.2 Å². The van der Waals surface area contributed by atoms with Crippen molar-refractivity contribution in [2.24, 2.45) is 0 Å². The maximum Gasteiger partial charge on any atom is 0.125 e. The van der Waals surface area contributed by atoms with E-state index in [-0.39, 0.29) is 0 Å². The van der Waals surface area contributed by atoms with E-state index in [1.54, 1.807) is 0 Å². The maximum atomic E-state index is 5.84. The fourth-order valence-corrected chi connectivity index (χ4v) is 2.87. The molecule has 0 bridgehead atoms. The zero-order valence-electron chi connectivity index (χ0n) is 11.2. The van der Waals surface area contributed by atoms with Crippen LogP contribution in [0.2, 0.25) is 0 Å². The summed E-state index contributed by atoms with van der Waals surface area (Å²) in [5.41, 5.74) is 1.31. The number of hydrogen-bond acceptors (Lipinski definition) is 2. The highest BCUT2D eigenvalue weighted by molar-refractivity contribution is 9.10. The molecular weight excluding hydrogens is 290 g/mol. The van der Waals surface area contributed by atoms with Gasteiger partial charge in [0, 0.05) is 22.1 Å². The number of rotatable bonds is 4. The minimum Gasteiger partial charge on any atom is -0.493 e. The summed E-state index contributed by atoms with van der Waals surface area (Å²) in [6.45, 7) is 5.32. The highest BCUT2D eigenvalue weighted by atomic mass is 79.9. The van der Waals surface area contributed by atoms with Crippen LogP contribution in [0.15, 0.2) is 22.7 Å². The van der Waals surface area contributed by atoms with Gasteiger partial charge in [0.05, 0.1) is 6.61 Å². The van der Waals surface area contributed by atoms with Gasteiger partial charge in [-0.05, 0) is 37.8 Å². The molecule has 2 nitrogen and oxygen atoms in total. The zero-order valence-corrected chi connectivity index (χ0v) is 12.8. The maximum absolute atomic E-state index is 5.84. The van der Waals surface area contributed by atoms with E-state index in [9.17, 15) is 0 Å². The van der Waals surface area contributed by atoms with Crippen LogP contribution in [0.3, 0.4) is 0 Å². The predicted molar refractivity (Wildman–Crippen MR) is 79.1 cm³/mol. The first-order valence-corrected chi connectivity index (χ1v) is 7.72. The number of hydrogen-bond donors (Lipinski definition) is 1. The van der Waals surface area contributed by atoms with Gasteiger partial charge in [-0.1, -0.05) is 35.8 Å². The van der Waals surface area contributed by atoms with Crippen molar-refractivity contribution in [3.8, 4) is 5.75 Å². The van der Waals surface area contributed by atoms with E-state index >= 15 is 0 Å². The Morgan fingerprint density at radius 3 is 2.89 bits per heavy atom. The van der Waals surface area contributed by atoms with Gasteiger partial charge in [0.1, 0.15) is 5.75 Å². The second kappa shape index (κ2) is 6.58. The minimum absolute atomic E-state index is 0.431. The van der Waals surface area contributed by atoms with E-state index in [4.69, 9.17) is 4.74 Å². The Bertz CT molecular complexity index is 390. The van der Waals surface area contributed by atoms with Gasteiger partial charge in [0.2, 0.25) is 0 Å². The van der Waals surface area contributed by atoms with Crippen LogP contribution in [0.1, 0.15) is 51.1 Å². The van der Waals surface area contributed by atoms with Gasteiger partial charge in [-0.25, -0.2) is 0 Å². The number of benzene rings is 1. The Hall–Kier alpha value is -0.540. The predicted octanol–water partition coefficient (Wildman–Crippen LogP) is 4.44. The van der Waals surface area contributed by atoms with Crippen molar-refractivity contribution in [3.63, 3.8) is 0 Å². The molecule has 1 aromatic carbocycles. The highest BCUT2D eigenvalue weighted by Crippen LogP contribution is 2.34. The zero-order chi connectivity index (χ0) is 13.0. The lowest BCUT2D eigenvalue weighted by molar-refractivity contribution is 0.313. The molecule has 0 fully saturated rings. The van der Waals surface area contributed by atoms with Crippen LogP contribution in [-0.2, 0) is 0 Å². The molecule has 0 amide bonds. The van der Waals surface area contributed by atoms with E-state index in [1.807, 2.05) is 0 Å². The first-order valence-electron chi connectivity index (χ1n) is 6.92. The van der Waals surface area contributed by atoms with Gasteiger partial charge in [-0.15, -0.1) is 0 Å². The Labute approximate surface area is 118 Å². The molecule has 1 aliphatic heterocycles. The molecule has 1 atom stereocenters. The van der Waals surface area contributed by atoms with Crippen LogP contribution in [-0.4, -0.2) is 12.6 Å². The molecule has 0 saturated heterocycles. The van der Waals surface area contributed by atoms with Crippen molar-refractivity contribution < 1.29 is 4.74 Å². The van der Waals surface area contributed by atoms with Crippen molar-refractivity contribution in [2.45, 2.75) is 51.6 Å². The molecule has 0 saturated carbocycles. The van der Waals surface area contributed by atoms with Gasteiger partial charge in [0.25, 0.3) is 0 Å². The standard InChI is InChI=1S/C15H22BrNO/c1-3-12(4-2)17-14-6-5-9-18-15-10-11(16)7-8-13(14)15/h7-8,10,12,14,17H,3-6,9H2,1-2H3. The number of ether oxygens (including phenoxy) is 1. The molecule has 100 valence electrons. The quantitative estimate of drug-likeness (QED) is 0.887. The Balaban J connectivity index is 2.21. The summed E-state index contributed by atoms with van der Waals surface area (Å²) in [5, 5.41) is 3.78. The second-order valence-electron chi connectivity index (χ2n) is 4.91. The minimum atomic E-state index is 0.431. The van der Waals surface area contributed by atoms with E-state index in [0.29, 0.717) is 12.1 Å². The van der Waals surface area contributed by atoms with E-state index in [2.05, 4.69) is 53.3 Å². The molecule has 1 aromatic rings. The lowest BCUT2D eigenvalue weighted by atomic mass is 10.00. The van der Waals surface area contributed by atoms with Crippen molar-refractivity contribution in [1.29, 1.82) is 0 Å². The number of fused-ring (bicyclic) bond motifs is 1. The largest absolute Gasteiger partial charge is 0.493 e. The molecule has 3 heteroatoms. The first kappa shape index (κ1) is 13.9. The summed E-state index contributed by atoms with van der Waals surface area (Å²) >= 11 is 3.51. The summed E-state index contributed by atoms with van der Waals surface area (Å²) < 4.78 is 6.93. The average molecular weight is 312 g/mol. The second-order valence-corrected chi connectivity index (χ2v) is 5.82. The van der Waals surface area contributed by atoms with E-state index in [1.165, 1.54) is 18.4 Å². The summed E-state index contributed by atoms with van der Waals surface area (Å²) in [6.07, 6.45) is 4.63. The molecule has 18 heavy (non-hydrogen) atoms. The molecule has 0 radical (unpaired) electrons. The lowest BCUT2D eigenvalue weighted by Crippen LogP contribution is -2.31. The molecule has 1 heterocycles. The third kappa shape index (κ3) is 3.27. The molecule has 0 spiro atoms. The summed E-state index contributed by atoms with van der Waals surface area (Å²) in [4.78, 5) is 0. The van der Waals surface area contributed by atoms with Gasteiger partial charge >= 0.3 is 0 Å². The molecule has 1 unspecified atom stereocenters. The number of nitrogens with one attached hydrogen (secondary N) is 1. The smallest absolute Gasteiger partial charge is 0.125 e. The van der Waals surface area contributed by atoms with Crippen LogP contribution in [0, 0.1) is 0 Å². The summed E-state index contributed by atoms with van der Waals surface area (Å²) in [7, 11) is 0.